The summed E-state index contributed by atoms with van der Waals surface area (Å²) in [5.74, 6) is 0.359. The molecule has 2 heterocycles. The van der Waals surface area contributed by atoms with Crippen molar-refractivity contribution in [3.63, 3.8) is 0 Å². The Labute approximate surface area is 88.4 Å². The van der Waals surface area contributed by atoms with Crippen molar-refractivity contribution >= 4 is 0 Å². The zero-order valence-corrected chi connectivity index (χ0v) is 8.35. The molecule has 0 aliphatic carbocycles. The molecule has 0 bridgehead atoms. The summed E-state index contributed by atoms with van der Waals surface area (Å²) in [6.45, 7) is 0.909. The van der Waals surface area contributed by atoms with Crippen LogP contribution in [-0.2, 0) is 13.0 Å². The Morgan fingerprint density at radius 3 is 2.93 bits per heavy atom. The van der Waals surface area contributed by atoms with E-state index in [1.807, 2.05) is 12.1 Å². The van der Waals surface area contributed by atoms with Gasteiger partial charge in [-0.3, -0.25) is 0 Å². The molecule has 0 fully saturated rings. The minimum atomic E-state index is 0.359. The van der Waals surface area contributed by atoms with Crippen molar-refractivity contribution in [3.05, 3.63) is 59.4 Å². The second-order valence-electron chi connectivity index (χ2n) is 3.95. The number of pyridine rings is 1. The standard InChI is InChI=1S/C13H11NO/c15-13-5-4-10-9-14-6-2-1-3-12(14)7-11(10)8-13/h1-6,8H,7,9H2/p+1. The number of aromatic nitrogens is 1. The van der Waals surface area contributed by atoms with Crippen molar-refractivity contribution in [2.45, 2.75) is 13.0 Å². The number of hydrogen-bond acceptors (Lipinski definition) is 1. The quantitative estimate of drug-likeness (QED) is 0.545. The molecule has 1 N–H and O–H groups in total. The molecule has 0 saturated carbocycles. The third-order valence-corrected chi connectivity index (χ3v) is 2.94. The van der Waals surface area contributed by atoms with E-state index < -0.39 is 0 Å². The Kier molecular flexibility index (Phi) is 1.75. The van der Waals surface area contributed by atoms with Crippen LogP contribution < -0.4 is 4.57 Å². The maximum absolute atomic E-state index is 9.43. The van der Waals surface area contributed by atoms with Gasteiger partial charge in [-0.1, -0.05) is 6.07 Å². The van der Waals surface area contributed by atoms with Gasteiger partial charge in [-0.2, -0.15) is 4.57 Å². The largest absolute Gasteiger partial charge is 0.508 e. The van der Waals surface area contributed by atoms with E-state index in [9.17, 15) is 5.11 Å². The molecule has 1 aromatic heterocycles. The molecule has 1 aliphatic rings. The zero-order valence-electron chi connectivity index (χ0n) is 8.35. The van der Waals surface area contributed by atoms with Crippen molar-refractivity contribution in [3.8, 4) is 5.75 Å². The van der Waals surface area contributed by atoms with E-state index in [1.165, 1.54) is 16.8 Å². The number of hydrogen-bond donors (Lipinski definition) is 1. The highest BCUT2D eigenvalue weighted by atomic mass is 16.3. The Morgan fingerprint density at radius 1 is 1.07 bits per heavy atom. The topological polar surface area (TPSA) is 24.1 Å². The fourth-order valence-corrected chi connectivity index (χ4v) is 2.14. The predicted octanol–water partition coefficient (Wildman–Crippen LogP) is 1.63. The zero-order chi connectivity index (χ0) is 10.3. The van der Waals surface area contributed by atoms with Crippen LogP contribution in [0.2, 0.25) is 0 Å². The highest BCUT2D eigenvalue weighted by Gasteiger charge is 2.20. The highest BCUT2D eigenvalue weighted by Crippen LogP contribution is 2.21. The average molecular weight is 198 g/mol. The van der Waals surface area contributed by atoms with E-state index in [-0.39, 0.29) is 0 Å². The number of fused-ring (bicyclic) bond motifs is 2. The van der Waals surface area contributed by atoms with Crippen LogP contribution in [0, 0.1) is 0 Å². The summed E-state index contributed by atoms with van der Waals surface area (Å²) in [5.41, 5.74) is 3.84. The fraction of sp³-hybridized carbons (Fsp3) is 0.154. The number of nitrogens with zero attached hydrogens (tertiary/aromatic N) is 1. The van der Waals surface area contributed by atoms with Gasteiger partial charge in [0, 0.05) is 17.7 Å². The van der Waals surface area contributed by atoms with Gasteiger partial charge in [-0.25, -0.2) is 0 Å². The molecular formula is C13H12NO+. The third-order valence-electron chi connectivity index (χ3n) is 2.94. The van der Waals surface area contributed by atoms with Gasteiger partial charge in [0.1, 0.15) is 5.75 Å². The molecule has 0 atom stereocenters. The molecule has 0 radical (unpaired) electrons. The lowest BCUT2D eigenvalue weighted by Crippen LogP contribution is -2.41. The fourth-order valence-electron chi connectivity index (χ4n) is 2.14. The van der Waals surface area contributed by atoms with Crippen molar-refractivity contribution < 1.29 is 9.67 Å². The summed E-state index contributed by atoms with van der Waals surface area (Å²) in [6.07, 6.45) is 3.01. The Morgan fingerprint density at radius 2 is 2.00 bits per heavy atom. The molecule has 2 nitrogen and oxygen atoms in total. The van der Waals surface area contributed by atoms with Gasteiger partial charge in [0.05, 0.1) is 6.42 Å². The molecule has 1 aromatic carbocycles. The minimum Gasteiger partial charge on any atom is -0.508 e. The summed E-state index contributed by atoms with van der Waals surface area (Å²) in [5, 5.41) is 9.43. The number of aromatic hydroxyl groups is 1. The first kappa shape index (κ1) is 8.48. The van der Waals surface area contributed by atoms with E-state index in [1.54, 1.807) is 6.07 Å². The molecule has 2 aromatic rings. The first-order valence-corrected chi connectivity index (χ1v) is 5.11. The lowest BCUT2D eigenvalue weighted by molar-refractivity contribution is -0.697. The highest BCUT2D eigenvalue weighted by molar-refractivity contribution is 5.37. The maximum atomic E-state index is 9.43. The molecule has 1 aliphatic heterocycles. The Bertz CT molecular complexity index is 520. The van der Waals surface area contributed by atoms with Gasteiger partial charge < -0.3 is 5.11 Å². The molecule has 0 spiro atoms. The molecule has 3 rings (SSSR count). The van der Waals surface area contributed by atoms with Crippen LogP contribution in [0.3, 0.4) is 0 Å². The van der Waals surface area contributed by atoms with Gasteiger partial charge in [0.25, 0.3) is 0 Å². The molecule has 0 unspecified atom stereocenters. The lowest BCUT2D eigenvalue weighted by Gasteiger charge is -2.14. The van der Waals surface area contributed by atoms with Crippen LogP contribution in [0.25, 0.3) is 0 Å². The van der Waals surface area contributed by atoms with Crippen molar-refractivity contribution in [2.24, 2.45) is 0 Å². The second-order valence-corrected chi connectivity index (χ2v) is 3.95. The number of rotatable bonds is 0. The summed E-state index contributed by atoms with van der Waals surface area (Å²) in [4.78, 5) is 0. The van der Waals surface area contributed by atoms with Crippen molar-refractivity contribution in [1.82, 2.24) is 0 Å². The van der Waals surface area contributed by atoms with Gasteiger partial charge in [0.15, 0.2) is 18.4 Å². The van der Waals surface area contributed by atoms with E-state index >= 15 is 0 Å². The third kappa shape index (κ3) is 1.38. The smallest absolute Gasteiger partial charge is 0.186 e. The van der Waals surface area contributed by atoms with Crippen LogP contribution >= 0.6 is 0 Å². The van der Waals surface area contributed by atoms with E-state index in [0.29, 0.717) is 5.75 Å². The van der Waals surface area contributed by atoms with Gasteiger partial charge >= 0.3 is 0 Å². The van der Waals surface area contributed by atoms with Gasteiger partial charge in [-0.05, 0) is 23.8 Å². The second kappa shape index (κ2) is 3.09. The molecule has 0 amide bonds. The first-order valence-electron chi connectivity index (χ1n) is 5.11. The normalized spacial score (nSPS) is 13.1. The summed E-state index contributed by atoms with van der Waals surface area (Å²) >= 11 is 0. The summed E-state index contributed by atoms with van der Waals surface area (Å²) in [7, 11) is 0. The first-order chi connectivity index (χ1) is 7.33. The molecule has 2 heteroatoms. The molecule has 0 saturated heterocycles. The van der Waals surface area contributed by atoms with Gasteiger partial charge in [0.2, 0.25) is 0 Å². The van der Waals surface area contributed by atoms with Crippen molar-refractivity contribution in [1.29, 1.82) is 0 Å². The van der Waals surface area contributed by atoms with Crippen LogP contribution in [0.15, 0.2) is 42.6 Å². The summed E-state index contributed by atoms with van der Waals surface area (Å²) < 4.78 is 2.25. The number of benzene rings is 1. The predicted molar refractivity (Wildman–Crippen MR) is 56.7 cm³/mol. The van der Waals surface area contributed by atoms with Crippen LogP contribution in [-0.4, -0.2) is 5.11 Å². The summed E-state index contributed by atoms with van der Waals surface area (Å²) in [6, 6.07) is 11.9. The van der Waals surface area contributed by atoms with Crippen LogP contribution in [0.4, 0.5) is 0 Å². The van der Waals surface area contributed by atoms with E-state index in [4.69, 9.17) is 0 Å². The van der Waals surface area contributed by atoms with Gasteiger partial charge in [-0.15, -0.1) is 0 Å². The van der Waals surface area contributed by atoms with E-state index in [2.05, 4.69) is 29.0 Å². The molecule has 74 valence electrons. The van der Waals surface area contributed by atoms with E-state index in [0.717, 1.165) is 13.0 Å². The van der Waals surface area contributed by atoms with Crippen molar-refractivity contribution in [2.75, 3.05) is 0 Å². The van der Waals surface area contributed by atoms with Crippen LogP contribution in [0.5, 0.6) is 5.75 Å². The lowest BCUT2D eigenvalue weighted by atomic mass is 9.98. The molecule has 15 heavy (non-hydrogen) atoms. The molecular weight excluding hydrogens is 186 g/mol. The number of phenols is 1. The average Bonchev–Trinajstić information content (AvgIpc) is 2.26. The SMILES string of the molecule is Oc1ccc2c(c1)Cc1cccc[n+]1C2. The number of phenolic OH excluding ortho intramolecular Hbond substituents is 1. The minimum absolute atomic E-state index is 0.359. The Hall–Kier alpha value is -1.83. The van der Waals surface area contributed by atoms with Crippen LogP contribution in [0.1, 0.15) is 16.8 Å². The Balaban J connectivity index is 2.11. The maximum Gasteiger partial charge on any atom is 0.186 e. The monoisotopic (exact) mass is 198 g/mol.